The highest BCUT2D eigenvalue weighted by atomic mass is 16.1. The Morgan fingerprint density at radius 3 is 2.41 bits per heavy atom. The van der Waals surface area contributed by atoms with E-state index in [0.717, 1.165) is 22.4 Å². The summed E-state index contributed by atoms with van der Waals surface area (Å²) >= 11 is 0. The van der Waals surface area contributed by atoms with E-state index in [2.05, 4.69) is 4.98 Å². The first-order valence-corrected chi connectivity index (χ1v) is 5.34. The maximum absolute atomic E-state index is 11.7. The Kier molecular flexibility index (Phi) is 2.80. The number of benzene rings is 1. The van der Waals surface area contributed by atoms with Crippen LogP contribution in [-0.4, -0.2) is 4.98 Å². The van der Waals surface area contributed by atoms with Gasteiger partial charge in [0, 0.05) is 11.3 Å². The number of aryl methyl sites for hydroxylation is 1. The zero-order valence-corrected chi connectivity index (χ0v) is 9.74. The quantitative estimate of drug-likeness (QED) is 0.809. The van der Waals surface area contributed by atoms with Crippen molar-refractivity contribution >= 4 is 0 Å². The van der Waals surface area contributed by atoms with Crippen LogP contribution >= 0.6 is 0 Å². The Balaban J connectivity index is 2.86. The molecule has 0 bridgehead atoms. The minimum absolute atomic E-state index is 0.180. The maximum Gasteiger partial charge on any atom is 0.266 e. The standard InChI is InChI=1S/C14H12N2O/c1-9-10(2)16-14(17)12(8-15)13(9)11-6-4-3-5-7-11/h3-7H,1-2H3,(H,16,17). The first-order valence-electron chi connectivity index (χ1n) is 5.34. The molecular formula is C14H12N2O. The second-order valence-corrected chi connectivity index (χ2v) is 3.93. The molecule has 2 aromatic rings. The van der Waals surface area contributed by atoms with Gasteiger partial charge in [0.05, 0.1) is 0 Å². The number of nitriles is 1. The molecule has 1 heterocycles. The molecule has 0 radical (unpaired) electrons. The van der Waals surface area contributed by atoms with Crippen molar-refractivity contribution in [2.45, 2.75) is 13.8 Å². The molecule has 0 unspecified atom stereocenters. The molecule has 3 heteroatoms. The van der Waals surface area contributed by atoms with Crippen molar-refractivity contribution in [3.05, 3.63) is 57.5 Å². The van der Waals surface area contributed by atoms with Crippen molar-refractivity contribution in [3.63, 3.8) is 0 Å². The number of pyridine rings is 1. The summed E-state index contributed by atoms with van der Waals surface area (Å²) < 4.78 is 0. The zero-order chi connectivity index (χ0) is 12.4. The summed E-state index contributed by atoms with van der Waals surface area (Å²) in [6.07, 6.45) is 0. The highest BCUT2D eigenvalue weighted by molar-refractivity contribution is 5.73. The third kappa shape index (κ3) is 1.85. The molecule has 0 spiro atoms. The molecule has 0 aliphatic heterocycles. The van der Waals surface area contributed by atoms with Crippen LogP contribution in [0.25, 0.3) is 11.1 Å². The summed E-state index contributed by atoms with van der Waals surface area (Å²) in [5.41, 5.74) is 3.22. The number of hydrogen-bond acceptors (Lipinski definition) is 2. The molecule has 0 atom stereocenters. The van der Waals surface area contributed by atoms with E-state index >= 15 is 0 Å². The molecule has 84 valence electrons. The van der Waals surface area contributed by atoms with E-state index in [0.29, 0.717) is 0 Å². The smallest absolute Gasteiger partial charge is 0.266 e. The van der Waals surface area contributed by atoms with Gasteiger partial charge in [-0.05, 0) is 25.0 Å². The second kappa shape index (κ2) is 4.26. The van der Waals surface area contributed by atoms with Gasteiger partial charge in [0.25, 0.3) is 5.56 Å². The minimum atomic E-state index is -0.325. The van der Waals surface area contributed by atoms with Gasteiger partial charge in [-0.2, -0.15) is 5.26 Å². The summed E-state index contributed by atoms with van der Waals surface area (Å²) in [4.78, 5) is 14.4. The van der Waals surface area contributed by atoms with Gasteiger partial charge in [-0.1, -0.05) is 30.3 Å². The SMILES string of the molecule is Cc1[nH]c(=O)c(C#N)c(-c2ccccc2)c1C. The Bertz CT molecular complexity index is 648. The topological polar surface area (TPSA) is 56.6 Å². The molecule has 3 nitrogen and oxygen atoms in total. The number of H-pyrrole nitrogens is 1. The van der Waals surface area contributed by atoms with Gasteiger partial charge in [-0.25, -0.2) is 0 Å². The lowest BCUT2D eigenvalue weighted by molar-refractivity contribution is 1.09. The Morgan fingerprint density at radius 1 is 1.18 bits per heavy atom. The molecule has 0 fully saturated rings. The van der Waals surface area contributed by atoms with Crippen molar-refractivity contribution in [1.29, 1.82) is 5.26 Å². The van der Waals surface area contributed by atoms with E-state index in [9.17, 15) is 4.79 Å². The summed E-state index contributed by atoms with van der Waals surface area (Å²) in [5, 5.41) is 9.11. The van der Waals surface area contributed by atoms with Crippen LogP contribution in [0.3, 0.4) is 0 Å². The molecule has 1 aromatic heterocycles. The predicted molar refractivity (Wildman–Crippen MR) is 66.7 cm³/mol. The normalized spacial score (nSPS) is 9.94. The van der Waals surface area contributed by atoms with Crippen LogP contribution in [0.15, 0.2) is 35.1 Å². The van der Waals surface area contributed by atoms with Gasteiger partial charge in [-0.3, -0.25) is 4.79 Å². The lowest BCUT2D eigenvalue weighted by Gasteiger charge is -2.10. The third-order valence-corrected chi connectivity index (χ3v) is 2.89. The average Bonchev–Trinajstić information content (AvgIpc) is 2.34. The van der Waals surface area contributed by atoms with Gasteiger partial charge >= 0.3 is 0 Å². The average molecular weight is 224 g/mol. The molecule has 0 aliphatic carbocycles. The Morgan fingerprint density at radius 2 is 1.82 bits per heavy atom. The van der Waals surface area contributed by atoms with Crippen LogP contribution in [0.5, 0.6) is 0 Å². The van der Waals surface area contributed by atoms with E-state index < -0.39 is 0 Å². The molecule has 0 saturated heterocycles. The second-order valence-electron chi connectivity index (χ2n) is 3.93. The Hall–Kier alpha value is -2.34. The number of aromatic amines is 1. The van der Waals surface area contributed by atoms with Gasteiger partial charge in [0.2, 0.25) is 0 Å². The lowest BCUT2D eigenvalue weighted by atomic mass is 9.96. The van der Waals surface area contributed by atoms with Gasteiger partial charge in [0.1, 0.15) is 11.6 Å². The largest absolute Gasteiger partial charge is 0.325 e. The number of aromatic nitrogens is 1. The van der Waals surface area contributed by atoms with Gasteiger partial charge < -0.3 is 4.98 Å². The van der Waals surface area contributed by atoms with Gasteiger partial charge in [-0.15, -0.1) is 0 Å². The number of nitrogens with zero attached hydrogens (tertiary/aromatic N) is 1. The minimum Gasteiger partial charge on any atom is -0.325 e. The van der Waals surface area contributed by atoms with Crippen LogP contribution in [0.2, 0.25) is 0 Å². The van der Waals surface area contributed by atoms with Crippen LogP contribution in [0.4, 0.5) is 0 Å². The first-order chi connectivity index (χ1) is 8.15. The molecular weight excluding hydrogens is 212 g/mol. The van der Waals surface area contributed by atoms with Crippen LogP contribution in [0.1, 0.15) is 16.8 Å². The number of rotatable bonds is 1. The van der Waals surface area contributed by atoms with E-state index in [1.165, 1.54) is 0 Å². The molecule has 1 N–H and O–H groups in total. The fourth-order valence-corrected chi connectivity index (χ4v) is 1.89. The first kappa shape index (κ1) is 11.2. The van der Waals surface area contributed by atoms with Crippen LogP contribution in [0, 0.1) is 25.2 Å². The van der Waals surface area contributed by atoms with E-state index in [-0.39, 0.29) is 11.1 Å². The van der Waals surface area contributed by atoms with Gasteiger partial charge in [0.15, 0.2) is 0 Å². The van der Waals surface area contributed by atoms with Crippen LogP contribution in [-0.2, 0) is 0 Å². The summed E-state index contributed by atoms with van der Waals surface area (Å²) in [7, 11) is 0. The van der Waals surface area contributed by atoms with E-state index in [1.807, 2.05) is 50.2 Å². The fraction of sp³-hybridized carbons (Fsp3) is 0.143. The number of nitrogens with one attached hydrogen (secondary N) is 1. The third-order valence-electron chi connectivity index (χ3n) is 2.89. The van der Waals surface area contributed by atoms with Crippen molar-refractivity contribution in [2.75, 3.05) is 0 Å². The lowest BCUT2D eigenvalue weighted by Crippen LogP contribution is -2.14. The highest BCUT2D eigenvalue weighted by Crippen LogP contribution is 2.25. The molecule has 0 amide bonds. The summed E-state index contributed by atoms with van der Waals surface area (Å²) in [6.45, 7) is 3.75. The Labute approximate surface area is 99.4 Å². The predicted octanol–water partition coefficient (Wildman–Crippen LogP) is 2.53. The summed E-state index contributed by atoms with van der Waals surface area (Å²) in [6, 6.07) is 11.5. The molecule has 17 heavy (non-hydrogen) atoms. The van der Waals surface area contributed by atoms with Crippen LogP contribution < -0.4 is 5.56 Å². The molecule has 0 saturated carbocycles. The molecule has 0 aliphatic rings. The van der Waals surface area contributed by atoms with E-state index in [4.69, 9.17) is 5.26 Å². The molecule has 2 rings (SSSR count). The maximum atomic E-state index is 11.7. The van der Waals surface area contributed by atoms with Crippen molar-refractivity contribution in [1.82, 2.24) is 4.98 Å². The highest BCUT2D eigenvalue weighted by Gasteiger charge is 2.13. The monoisotopic (exact) mass is 224 g/mol. The number of hydrogen-bond donors (Lipinski definition) is 1. The van der Waals surface area contributed by atoms with Crippen molar-refractivity contribution < 1.29 is 0 Å². The van der Waals surface area contributed by atoms with Crippen molar-refractivity contribution in [3.8, 4) is 17.2 Å². The fourth-order valence-electron chi connectivity index (χ4n) is 1.89. The van der Waals surface area contributed by atoms with E-state index in [1.54, 1.807) is 0 Å². The van der Waals surface area contributed by atoms with Crippen molar-refractivity contribution in [2.24, 2.45) is 0 Å². The summed E-state index contributed by atoms with van der Waals surface area (Å²) in [5.74, 6) is 0. The zero-order valence-electron chi connectivity index (χ0n) is 9.74. The molecule has 1 aromatic carbocycles.